The Bertz CT molecular complexity index is 915. The highest BCUT2D eigenvalue weighted by atomic mass is 16.7. The average molecular weight is 410 g/mol. The molecular formula is C23H26N2O5. The van der Waals surface area contributed by atoms with Gasteiger partial charge in [0.05, 0.1) is 12.5 Å². The number of benzene rings is 2. The lowest BCUT2D eigenvalue weighted by atomic mass is 9.87. The molecule has 2 N–H and O–H groups in total. The number of hydrogen-bond donors (Lipinski definition) is 2. The van der Waals surface area contributed by atoms with Gasteiger partial charge in [0.2, 0.25) is 6.79 Å². The molecule has 2 heterocycles. The second-order valence-electron chi connectivity index (χ2n) is 7.42. The number of rotatable bonds is 7. The molecule has 0 saturated heterocycles. The zero-order valence-corrected chi connectivity index (χ0v) is 17.0. The summed E-state index contributed by atoms with van der Waals surface area (Å²) in [6.45, 7) is 2.75. The first-order chi connectivity index (χ1) is 14.7. The van der Waals surface area contributed by atoms with Crippen LogP contribution in [0.3, 0.4) is 0 Å². The summed E-state index contributed by atoms with van der Waals surface area (Å²) in [5.41, 5.74) is 2.71. The lowest BCUT2D eigenvalue weighted by Gasteiger charge is -2.32. The number of fused-ring (bicyclic) bond motifs is 2. The van der Waals surface area contributed by atoms with Gasteiger partial charge in [-0.25, -0.2) is 0 Å². The first-order valence-corrected chi connectivity index (χ1v) is 10.3. The monoisotopic (exact) mass is 410 g/mol. The molecule has 7 heteroatoms. The van der Waals surface area contributed by atoms with E-state index in [-0.39, 0.29) is 30.6 Å². The van der Waals surface area contributed by atoms with Crippen molar-refractivity contribution < 1.29 is 23.8 Å². The molecular weight excluding hydrogens is 384 g/mol. The van der Waals surface area contributed by atoms with Crippen LogP contribution in [-0.2, 0) is 16.0 Å². The van der Waals surface area contributed by atoms with Gasteiger partial charge in [-0.2, -0.15) is 0 Å². The van der Waals surface area contributed by atoms with Crippen LogP contribution in [0.2, 0.25) is 0 Å². The SMILES string of the molecule is CCOC(=O)C(CCNC(=O)c1ccccc1)C1CCc2cc3c(cc2N1)OCO3. The fourth-order valence-corrected chi connectivity index (χ4v) is 3.98. The Hall–Kier alpha value is -3.22. The number of carbonyl (C=O) groups excluding carboxylic acids is 2. The maximum atomic E-state index is 12.7. The lowest BCUT2D eigenvalue weighted by molar-refractivity contribution is -0.148. The number of aryl methyl sites for hydroxylation is 1. The van der Waals surface area contributed by atoms with E-state index >= 15 is 0 Å². The molecule has 158 valence electrons. The highest BCUT2D eigenvalue weighted by Gasteiger charge is 2.33. The third kappa shape index (κ3) is 4.35. The van der Waals surface area contributed by atoms with Crippen molar-refractivity contribution >= 4 is 17.6 Å². The second kappa shape index (κ2) is 9.07. The summed E-state index contributed by atoms with van der Waals surface area (Å²) in [4.78, 5) is 25.0. The Morgan fingerprint density at radius 3 is 2.73 bits per heavy atom. The van der Waals surface area contributed by atoms with Gasteiger partial charge < -0.3 is 24.8 Å². The summed E-state index contributed by atoms with van der Waals surface area (Å²) < 4.78 is 16.3. The van der Waals surface area contributed by atoms with E-state index in [1.165, 1.54) is 0 Å². The van der Waals surface area contributed by atoms with Crippen LogP contribution in [0.4, 0.5) is 5.69 Å². The zero-order valence-electron chi connectivity index (χ0n) is 17.0. The van der Waals surface area contributed by atoms with Crippen LogP contribution in [0.5, 0.6) is 11.5 Å². The lowest BCUT2D eigenvalue weighted by Crippen LogP contribution is -2.40. The van der Waals surface area contributed by atoms with Crippen molar-refractivity contribution in [2.24, 2.45) is 5.92 Å². The van der Waals surface area contributed by atoms with Crippen molar-refractivity contribution in [1.82, 2.24) is 5.32 Å². The van der Waals surface area contributed by atoms with Gasteiger partial charge in [-0.15, -0.1) is 0 Å². The number of esters is 1. The van der Waals surface area contributed by atoms with E-state index in [1.807, 2.05) is 30.3 Å². The molecule has 0 radical (unpaired) electrons. The Kier molecular flexibility index (Phi) is 6.07. The number of nitrogens with one attached hydrogen (secondary N) is 2. The van der Waals surface area contributed by atoms with E-state index in [0.717, 1.165) is 29.8 Å². The van der Waals surface area contributed by atoms with Crippen LogP contribution >= 0.6 is 0 Å². The van der Waals surface area contributed by atoms with E-state index in [4.69, 9.17) is 14.2 Å². The number of ether oxygens (including phenoxy) is 3. The van der Waals surface area contributed by atoms with Gasteiger partial charge in [0.1, 0.15) is 0 Å². The van der Waals surface area contributed by atoms with Crippen molar-refractivity contribution in [3.05, 3.63) is 53.6 Å². The molecule has 7 nitrogen and oxygen atoms in total. The number of amides is 1. The summed E-state index contributed by atoms with van der Waals surface area (Å²) in [5.74, 6) is 0.727. The number of carbonyl (C=O) groups is 2. The minimum atomic E-state index is -0.361. The van der Waals surface area contributed by atoms with Crippen molar-refractivity contribution in [1.29, 1.82) is 0 Å². The molecule has 30 heavy (non-hydrogen) atoms. The highest BCUT2D eigenvalue weighted by Crippen LogP contribution is 2.40. The average Bonchev–Trinajstić information content (AvgIpc) is 3.22. The van der Waals surface area contributed by atoms with Gasteiger partial charge >= 0.3 is 5.97 Å². The van der Waals surface area contributed by atoms with Gasteiger partial charge in [0, 0.05) is 29.9 Å². The molecule has 0 aliphatic carbocycles. The molecule has 2 aromatic rings. The second-order valence-corrected chi connectivity index (χ2v) is 7.42. The van der Waals surface area contributed by atoms with E-state index in [9.17, 15) is 9.59 Å². The maximum Gasteiger partial charge on any atom is 0.311 e. The minimum absolute atomic E-state index is 0.0782. The molecule has 0 fully saturated rings. The van der Waals surface area contributed by atoms with Crippen LogP contribution in [0.15, 0.2) is 42.5 Å². The predicted octanol–water partition coefficient (Wildman–Crippen LogP) is 3.14. The van der Waals surface area contributed by atoms with E-state index in [0.29, 0.717) is 30.9 Å². The minimum Gasteiger partial charge on any atom is -0.466 e. The molecule has 2 unspecified atom stereocenters. The van der Waals surface area contributed by atoms with Gasteiger partial charge in [-0.05, 0) is 49.9 Å². The Balaban J connectivity index is 1.42. The van der Waals surface area contributed by atoms with Gasteiger partial charge in [0.15, 0.2) is 11.5 Å². The van der Waals surface area contributed by atoms with E-state index in [2.05, 4.69) is 10.6 Å². The topological polar surface area (TPSA) is 85.9 Å². The smallest absolute Gasteiger partial charge is 0.311 e. The fraction of sp³-hybridized carbons (Fsp3) is 0.391. The molecule has 0 bridgehead atoms. The Labute approximate surface area is 175 Å². The molecule has 2 aliphatic heterocycles. The van der Waals surface area contributed by atoms with Crippen LogP contribution in [0, 0.1) is 5.92 Å². The molecule has 2 atom stereocenters. The quantitative estimate of drug-likeness (QED) is 0.682. The Morgan fingerprint density at radius 1 is 1.20 bits per heavy atom. The summed E-state index contributed by atoms with van der Waals surface area (Å²) >= 11 is 0. The van der Waals surface area contributed by atoms with E-state index < -0.39 is 0 Å². The summed E-state index contributed by atoms with van der Waals surface area (Å²) in [6, 6.07) is 12.9. The highest BCUT2D eigenvalue weighted by molar-refractivity contribution is 5.94. The van der Waals surface area contributed by atoms with Crippen LogP contribution in [0.25, 0.3) is 0 Å². The van der Waals surface area contributed by atoms with Crippen LogP contribution in [0.1, 0.15) is 35.7 Å². The molecule has 0 aromatic heterocycles. The van der Waals surface area contributed by atoms with Crippen LogP contribution < -0.4 is 20.1 Å². The number of anilines is 1. The first-order valence-electron chi connectivity index (χ1n) is 10.3. The van der Waals surface area contributed by atoms with E-state index in [1.54, 1.807) is 19.1 Å². The third-order valence-electron chi connectivity index (χ3n) is 5.52. The fourth-order valence-electron chi connectivity index (χ4n) is 3.98. The molecule has 2 aliphatic rings. The van der Waals surface area contributed by atoms with Crippen molar-refractivity contribution in [2.75, 3.05) is 25.3 Å². The van der Waals surface area contributed by atoms with Crippen molar-refractivity contribution in [3.63, 3.8) is 0 Å². The van der Waals surface area contributed by atoms with Crippen molar-refractivity contribution in [3.8, 4) is 11.5 Å². The number of hydrogen-bond acceptors (Lipinski definition) is 6. The summed E-state index contributed by atoms with van der Waals surface area (Å²) in [7, 11) is 0. The molecule has 2 aromatic carbocycles. The summed E-state index contributed by atoms with van der Waals surface area (Å²) in [5, 5.41) is 6.39. The van der Waals surface area contributed by atoms with Crippen molar-refractivity contribution in [2.45, 2.75) is 32.2 Å². The summed E-state index contributed by atoms with van der Waals surface area (Å²) in [6.07, 6.45) is 2.12. The molecule has 0 saturated carbocycles. The van der Waals surface area contributed by atoms with Gasteiger partial charge in [-0.1, -0.05) is 18.2 Å². The van der Waals surface area contributed by atoms with Gasteiger partial charge in [0.25, 0.3) is 5.91 Å². The zero-order chi connectivity index (χ0) is 20.9. The van der Waals surface area contributed by atoms with Gasteiger partial charge in [-0.3, -0.25) is 9.59 Å². The Morgan fingerprint density at radius 2 is 1.97 bits per heavy atom. The maximum absolute atomic E-state index is 12.7. The predicted molar refractivity (Wildman–Crippen MR) is 112 cm³/mol. The third-order valence-corrected chi connectivity index (χ3v) is 5.52. The largest absolute Gasteiger partial charge is 0.466 e. The molecule has 1 amide bonds. The first kappa shape index (κ1) is 20.1. The standard InChI is InChI=1S/C23H26N2O5/c1-2-28-23(27)17(10-11-24-22(26)15-6-4-3-5-7-15)18-9-8-16-12-20-21(30-14-29-20)13-19(16)25-18/h3-7,12-13,17-18,25H,2,8-11,14H2,1H3,(H,24,26). The molecule has 0 spiro atoms. The molecule has 4 rings (SSSR count). The van der Waals surface area contributed by atoms with Crippen LogP contribution in [-0.4, -0.2) is 37.9 Å². The normalized spacial score (nSPS) is 17.4.